The van der Waals surface area contributed by atoms with E-state index in [2.05, 4.69) is 6.08 Å². The number of allylic oxidation sites excluding steroid dienone is 2. The van der Waals surface area contributed by atoms with Gasteiger partial charge in [-0.25, -0.2) is 0 Å². The van der Waals surface area contributed by atoms with Crippen molar-refractivity contribution in [3.63, 3.8) is 0 Å². The minimum Gasteiger partial charge on any atom is -0.508 e. The molecule has 0 amide bonds. The van der Waals surface area contributed by atoms with Crippen LogP contribution in [0.15, 0.2) is 35.9 Å². The van der Waals surface area contributed by atoms with E-state index in [0.717, 1.165) is 17.5 Å². The van der Waals surface area contributed by atoms with Crippen LogP contribution >= 0.6 is 0 Å². The molecule has 5 atom stereocenters. The Hall–Kier alpha value is -1.68. The fraction of sp³-hybridized carbons (Fsp3) is 0.500. The van der Waals surface area contributed by atoms with Crippen molar-refractivity contribution in [2.75, 3.05) is 7.11 Å². The Labute approximate surface area is 140 Å². The molecule has 0 spiro atoms. The van der Waals surface area contributed by atoms with Crippen molar-refractivity contribution in [3.8, 4) is 5.75 Å². The highest BCUT2D eigenvalue weighted by Crippen LogP contribution is 2.63. The van der Waals surface area contributed by atoms with E-state index in [-0.39, 0.29) is 29.6 Å². The largest absolute Gasteiger partial charge is 0.508 e. The highest BCUT2D eigenvalue weighted by Gasteiger charge is 2.56. The van der Waals surface area contributed by atoms with E-state index in [4.69, 9.17) is 4.74 Å². The summed E-state index contributed by atoms with van der Waals surface area (Å²) >= 11 is 0. The molecule has 128 valence electrons. The molecule has 1 N–H and O–H groups in total. The quantitative estimate of drug-likeness (QED) is 0.775. The van der Waals surface area contributed by atoms with Crippen LogP contribution in [0.1, 0.15) is 43.2 Å². The van der Waals surface area contributed by atoms with Gasteiger partial charge in [0, 0.05) is 18.6 Å². The van der Waals surface area contributed by atoms with Crippen molar-refractivity contribution in [3.05, 3.63) is 47.1 Å². The van der Waals surface area contributed by atoms with Gasteiger partial charge < -0.3 is 9.84 Å². The minimum atomic E-state index is -1.50. The molecule has 3 aliphatic carbocycles. The molecule has 1 aromatic carbocycles. The molecule has 0 aromatic heterocycles. The molecule has 3 aliphatic rings. The number of phenolic OH excluding ortho intramolecular Hbond substituents is 1. The lowest BCUT2D eigenvalue weighted by Crippen LogP contribution is -2.46. The maximum Gasteiger partial charge on any atom is 0.270 e. The number of aromatic hydroxyl groups is 1. The summed E-state index contributed by atoms with van der Waals surface area (Å²) in [5.74, 6) is 0.818. The van der Waals surface area contributed by atoms with E-state index in [0.29, 0.717) is 18.4 Å². The van der Waals surface area contributed by atoms with Crippen LogP contribution in [0.4, 0.5) is 8.78 Å². The van der Waals surface area contributed by atoms with Crippen molar-refractivity contribution in [2.45, 2.75) is 38.2 Å². The fourth-order valence-electron chi connectivity index (χ4n) is 5.49. The van der Waals surface area contributed by atoms with Crippen LogP contribution in [0.5, 0.6) is 5.75 Å². The van der Waals surface area contributed by atoms with E-state index < -0.39 is 11.5 Å². The smallest absolute Gasteiger partial charge is 0.270 e. The van der Waals surface area contributed by atoms with E-state index in [1.165, 1.54) is 0 Å². The van der Waals surface area contributed by atoms with Gasteiger partial charge in [-0.05, 0) is 59.8 Å². The summed E-state index contributed by atoms with van der Waals surface area (Å²) < 4.78 is 32.8. The van der Waals surface area contributed by atoms with Gasteiger partial charge in [-0.15, -0.1) is 0 Å². The number of halogens is 2. The average molecular weight is 332 g/mol. The lowest BCUT2D eigenvalue weighted by Gasteiger charge is -2.51. The summed E-state index contributed by atoms with van der Waals surface area (Å²) in [7, 11) is 1.67. The zero-order chi connectivity index (χ0) is 17.1. The molecule has 0 bridgehead atoms. The highest BCUT2D eigenvalue weighted by molar-refractivity contribution is 5.61. The molecule has 0 radical (unpaired) electrons. The van der Waals surface area contributed by atoms with Crippen LogP contribution in [0, 0.1) is 17.3 Å². The molecule has 24 heavy (non-hydrogen) atoms. The third-order valence-electron chi connectivity index (χ3n) is 6.58. The Bertz CT molecular complexity index is 735. The third kappa shape index (κ3) is 2.08. The van der Waals surface area contributed by atoms with Gasteiger partial charge in [-0.2, -0.15) is 8.78 Å². The standard InChI is InChI=1S/C20H22F2O2/c1-20-10-17(24-2)18-13-6-4-12(23)9-11(13)3-5-14(18)15(20)7-8-16(20)19(21)22/h3-6,9,14-15,17-18,23H,7-8,10H2,1-2H3/t14-,15-,17-,18+,20-/m0/s1. The Morgan fingerprint density at radius 1 is 1.33 bits per heavy atom. The van der Waals surface area contributed by atoms with Crippen molar-refractivity contribution in [2.24, 2.45) is 17.3 Å². The molecule has 4 rings (SSSR count). The SMILES string of the molecule is CO[C@H]1C[C@]2(C)C(=C(F)F)CC[C@H]2[C@@H]2C=Cc3cc(O)ccc3[C@H]21. The first kappa shape index (κ1) is 15.8. The van der Waals surface area contributed by atoms with Crippen LogP contribution in [0.3, 0.4) is 0 Å². The molecule has 2 saturated carbocycles. The maximum atomic E-state index is 13.5. The van der Waals surface area contributed by atoms with Gasteiger partial charge in [0.25, 0.3) is 6.08 Å². The fourth-order valence-corrected chi connectivity index (χ4v) is 5.49. The molecule has 2 fully saturated rings. The predicted molar refractivity (Wildman–Crippen MR) is 88.9 cm³/mol. The van der Waals surface area contributed by atoms with E-state index in [1.54, 1.807) is 19.2 Å². The zero-order valence-corrected chi connectivity index (χ0v) is 13.9. The van der Waals surface area contributed by atoms with E-state index in [1.807, 2.05) is 19.1 Å². The lowest BCUT2D eigenvalue weighted by molar-refractivity contribution is -0.0298. The average Bonchev–Trinajstić information content (AvgIpc) is 2.90. The summed E-state index contributed by atoms with van der Waals surface area (Å²) in [6.07, 6.45) is 4.49. The number of methoxy groups -OCH3 is 1. The van der Waals surface area contributed by atoms with Crippen molar-refractivity contribution in [1.29, 1.82) is 0 Å². The predicted octanol–water partition coefficient (Wildman–Crippen LogP) is 5.10. The second kappa shape index (κ2) is 5.41. The van der Waals surface area contributed by atoms with Crippen LogP contribution in [-0.4, -0.2) is 18.3 Å². The van der Waals surface area contributed by atoms with Crippen LogP contribution < -0.4 is 0 Å². The first-order valence-corrected chi connectivity index (χ1v) is 8.54. The normalized spacial score (nSPS) is 36.9. The number of rotatable bonds is 1. The van der Waals surface area contributed by atoms with Gasteiger partial charge in [0.2, 0.25) is 0 Å². The van der Waals surface area contributed by atoms with Gasteiger partial charge in [-0.3, -0.25) is 0 Å². The number of ether oxygens (including phenoxy) is 1. The van der Waals surface area contributed by atoms with Crippen molar-refractivity contribution >= 4 is 6.08 Å². The number of benzene rings is 1. The Morgan fingerprint density at radius 3 is 2.83 bits per heavy atom. The Balaban J connectivity index is 1.82. The molecular formula is C20H22F2O2. The molecule has 0 unspecified atom stereocenters. The Morgan fingerprint density at radius 2 is 2.12 bits per heavy atom. The summed E-state index contributed by atoms with van der Waals surface area (Å²) in [5, 5.41) is 9.74. The van der Waals surface area contributed by atoms with Gasteiger partial charge >= 0.3 is 0 Å². The summed E-state index contributed by atoms with van der Waals surface area (Å²) in [4.78, 5) is 0. The van der Waals surface area contributed by atoms with E-state index in [9.17, 15) is 13.9 Å². The van der Waals surface area contributed by atoms with E-state index >= 15 is 0 Å². The second-order valence-corrected chi connectivity index (χ2v) is 7.56. The number of hydrogen-bond acceptors (Lipinski definition) is 2. The third-order valence-corrected chi connectivity index (χ3v) is 6.58. The van der Waals surface area contributed by atoms with Gasteiger partial charge in [-0.1, -0.05) is 25.1 Å². The minimum absolute atomic E-state index is 0.100. The molecule has 4 heteroatoms. The molecular weight excluding hydrogens is 310 g/mol. The second-order valence-electron chi connectivity index (χ2n) is 7.56. The molecule has 1 aromatic rings. The van der Waals surface area contributed by atoms with Gasteiger partial charge in [0.05, 0.1) is 6.10 Å². The zero-order valence-electron chi connectivity index (χ0n) is 13.9. The summed E-state index contributed by atoms with van der Waals surface area (Å²) in [6.45, 7) is 1.99. The van der Waals surface area contributed by atoms with Gasteiger partial charge in [0.15, 0.2) is 0 Å². The number of fused-ring (bicyclic) bond motifs is 5. The first-order valence-electron chi connectivity index (χ1n) is 8.54. The Kier molecular flexibility index (Phi) is 3.57. The van der Waals surface area contributed by atoms with Crippen molar-refractivity contribution < 1.29 is 18.6 Å². The lowest BCUT2D eigenvalue weighted by atomic mass is 9.55. The number of hydrogen-bond donors (Lipinski definition) is 1. The summed E-state index contributed by atoms with van der Waals surface area (Å²) in [6, 6.07) is 5.43. The maximum absolute atomic E-state index is 13.5. The van der Waals surface area contributed by atoms with Crippen LogP contribution in [0.2, 0.25) is 0 Å². The van der Waals surface area contributed by atoms with Crippen molar-refractivity contribution in [1.82, 2.24) is 0 Å². The van der Waals surface area contributed by atoms with Crippen LogP contribution in [0.25, 0.3) is 6.08 Å². The topological polar surface area (TPSA) is 29.5 Å². The van der Waals surface area contributed by atoms with Gasteiger partial charge in [0.1, 0.15) is 5.75 Å². The number of phenols is 1. The summed E-state index contributed by atoms with van der Waals surface area (Å²) in [5.41, 5.74) is 2.01. The molecule has 0 heterocycles. The first-order chi connectivity index (χ1) is 11.5. The highest BCUT2D eigenvalue weighted by atomic mass is 19.3. The van der Waals surface area contributed by atoms with Crippen LogP contribution in [-0.2, 0) is 4.74 Å². The monoisotopic (exact) mass is 332 g/mol. The molecule has 0 aliphatic heterocycles. The molecule has 0 saturated heterocycles. The molecule has 2 nitrogen and oxygen atoms in total.